The standard InChI is InChI=1S/C24H24N2O8/c1-24(16-7-9-17(31-2)10-8-16)22(29)26(23(30)25-24)14-21(28)34-18-11-5-15(13-19(18)32-3)6-12-20(27)33-4/h5-13H,14H2,1-4H3,(H,25,30)/b12-6+. The molecule has 0 bridgehead atoms. The average Bonchev–Trinajstić information content (AvgIpc) is 3.06. The molecular formula is C24H24N2O8. The van der Waals surface area contributed by atoms with Crippen LogP contribution in [-0.4, -0.2) is 56.7 Å². The monoisotopic (exact) mass is 468 g/mol. The predicted molar refractivity (Wildman–Crippen MR) is 120 cm³/mol. The lowest BCUT2D eigenvalue weighted by Gasteiger charge is -2.22. The highest BCUT2D eigenvalue weighted by atomic mass is 16.6. The number of hydrogen-bond donors (Lipinski definition) is 1. The fourth-order valence-corrected chi connectivity index (χ4v) is 3.35. The molecule has 1 aliphatic rings. The number of urea groups is 1. The summed E-state index contributed by atoms with van der Waals surface area (Å²) in [5.41, 5.74) is -0.194. The second-order valence-electron chi connectivity index (χ2n) is 7.42. The van der Waals surface area contributed by atoms with E-state index in [0.717, 1.165) is 4.90 Å². The van der Waals surface area contributed by atoms with Gasteiger partial charge in [0.25, 0.3) is 5.91 Å². The fourth-order valence-electron chi connectivity index (χ4n) is 3.35. The topological polar surface area (TPSA) is 120 Å². The van der Waals surface area contributed by atoms with Crippen LogP contribution in [0.5, 0.6) is 17.2 Å². The molecule has 0 radical (unpaired) electrons. The van der Waals surface area contributed by atoms with Crippen molar-refractivity contribution in [2.24, 2.45) is 0 Å². The number of rotatable bonds is 8. The van der Waals surface area contributed by atoms with Crippen LogP contribution in [0.25, 0.3) is 6.08 Å². The maximum absolute atomic E-state index is 13.0. The van der Waals surface area contributed by atoms with E-state index in [9.17, 15) is 19.2 Å². The molecule has 0 spiro atoms. The number of amides is 3. The molecular weight excluding hydrogens is 444 g/mol. The summed E-state index contributed by atoms with van der Waals surface area (Å²) >= 11 is 0. The van der Waals surface area contributed by atoms with E-state index >= 15 is 0 Å². The Hall–Kier alpha value is -4.34. The van der Waals surface area contributed by atoms with Gasteiger partial charge in [0.15, 0.2) is 11.5 Å². The molecule has 0 aliphatic carbocycles. The minimum absolute atomic E-state index is 0.0905. The summed E-state index contributed by atoms with van der Waals surface area (Å²) in [4.78, 5) is 50.1. The van der Waals surface area contributed by atoms with E-state index in [4.69, 9.17) is 14.2 Å². The molecule has 10 heteroatoms. The number of nitrogens with one attached hydrogen (secondary N) is 1. The third kappa shape index (κ3) is 5.01. The molecule has 1 N–H and O–H groups in total. The molecule has 2 aromatic rings. The molecule has 1 heterocycles. The molecule has 34 heavy (non-hydrogen) atoms. The lowest BCUT2D eigenvalue weighted by molar-refractivity contribution is -0.141. The molecule has 3 amide bonds. The van der Waals surface area contributed by atoms with Crippen LogP contribution in [0.4, 0.5) is 4.79 Å². The Balaban J connectivity index is 1.72. The number of esters is 2. The first kappa shape index (κ1) is 24.3. The van der Waals surface area contributed by atoms with Gasteiger partial charge in [-0.3, -0.25) is 9.69 Å². The third-order valence-electron chi connectivity index (χ3n) is 5.25. The minimum Gasteiger partial charge on any atom is -0.497 e. The fraction of sp³-hybridized carbons (Fsp3) is 0.250. The van der Waals surface area contributed by atoms with Crippen LogP contribution in [0, 0.1) is 0 Å². The summed E-state index contributed by atoms with van der Waals surface area (Å²) in [5.74, 6) is -1.03. The number of ether oxygens (including phenoxy) is 4. The van der Waals surface area contributed by atoms with Crippen LogP contribution in [-0.2, 0) is 24.7 Å². The molecule has 178 valence electrons. The van der Waals surface area contributed by atoms with E-state index in [1.165, 1.54) is 39.5 Å². The molecule has 1 atom stereocenters. The Morgan fingerprint density at radius 1 is 1.00 bits per heavy atom. The van der Waals surface area contributed by atoms with Crippen molar-refractivity contribution in [2.75, 3.05) is 27.9 Å². The predicted octanol–water partition coefficient (Wildman–Crippen LogP) is 2.26. The quantitative estimate of drug-likeness (QED) is 0.271. The Morgan fingerprint density at radius 3 is 2.32 bits per heavy atom. The summed E-state index contributed by atoms with van der Waals surface area (Å²) in [6, 6.07) is 10.6. The molecule has 1 aliphatic heterocycles. The molecule has 1 saturated heterocycles. The normalized spacial score (nSPS) is 17.5. The SMILES string of the molecule is COC(=O)/C=C/c1ccc(OC(=O)CN2C(=O)NC(C)(c3ccc(OC)cc3)C2=O)c(OC)c1. The van der Waals surface area contributed by atoms with Gasteiger partial charge in [0, 0.05) is 6.08 Å². The van der Waals surface area contributed by atoms with E-state index in [1.54, 1.807) is 43.3 Å². The lowest BCUT2D eigenvalue weighted by Crippen LogP contribution is -2.41. The molecule has 1 unspecified atom stereocenters. The first-order valence-electron chi connectivity index (χ1n) is 10.1. The molecule has 2 aromatic carbocycles. The summed E-state index contributed by atoms with van der Waals surface area (Å²) < 4.78 is 20.2. The number of carbonyl (C=O) groups is 4. The van der Waals surface area contributed by atoms with Gasteiger partial charge in [0.1, 0.15) is 17.8 Å². The average molecular weight is 468 g/mol. The Morgan fingerprint density at radius 2 is 1.71 bits per heavy atom. The van der Waals surface area contributed by atoms with Crippen molar-refractivity contribution in [3.63, 3.8) is 0 Å². The van der Waals surface area contributed by atoms with Crippen LogP contribution >= 0.6 is 0 Å². The largest absolute Gasteiger partial charge is 0.497 e. The van der Waals surface area contributed by atoms with Crippen molar-refractivity contribution in [3.05, 3.63) is 59.7 Å². The highest BCUT2D eigenvalue weighted by Crippen LogP contribution is 2.31. The summed E-state index contributed by atoms with van der Waals surface area (Å²) in [6.07, 6.45) is 2.74. The van der Waals surface area contributed by atoms with E-state index in [0.29, 0.717) is 16.9 Å². The van der Waals surface area contributed by atoms with Crippen molar-refractivity contribution < 1.29 is 38.1 Å². The maximum atomic E-state index is 13.0. The van der Waals surface area contributed by atoms with Gasteiger partial charge in [-0.1, -0.05) is 18.2 Å². The highest BCUT2D eigenvalue weighted by Gasteiger charge is 2.49. The van der Waals surface area contributed by atoms with E-state index in [2.05, 4.69) is 10.1 Å². The molecule has 10 nitrogen and oxygen atoms in total. The Kier molecular flexibility index (Phi) is 7.20. The number of nitrogens with zero attached hydrogens (tertiary/aromatic N) is 1. The number of carbonyl (C=O) groups excluding carboxylic acids is 4. The first-order valence-corrected chi connectivity index (χ1v) is 10.1. The summed E-state index contributed by atoms with van der Waals surface area (Å²) in [5, 5.41) is 2.63. The summed E-state index contributed by atoms with van der Waals surface area (Å²) in [7, 11) is 4.17. The van der Waals surface area contributed by atoms with Crippen LogP contribution in [0.1, 0.15) is 18.1 Å². The van der Waals surface area contributed by atoms with E-state index in [-0.39, 0.29) is 11.5 Å². The van der Waals surface area contributed by atoms with E-state index in [1.807, 2.05) is 0 Å². The zero-order valence-electron chi connectivity index (χ0n) is 19.1. The second kappa shape index (κ2) is 10.1. The number of methoxy groups -OCH3 is 3. The molecule has 0 aromatic heterocycles. The van der Waals surface area contributed by atoms with Crippen molar-refractivity contribution in [3.8, 4) is 17.2 Å². The van der Waals surface area contributed by atoms with Gasteiger partial charge in [-0.05, 0) is 48.4 Å². The van der Waals surface area contributed by atoms with Crippen molar-refractivity contribution in [1.29, 1.82) is 0 Å². The van der Waals surface area contributed by atoms with Gasteiger partial charge in [-0.25, -0.2) is 14.4 Å². The Labute approximate surface area is 196 Å². The zero-order chi connectivity index (χ0) is 24.9. The number of imide groups is 1. The van der Waals surface area contributed by atoms with Crippen LogP contribution < -0.4 is 19.5 Å². The first-order chi connectivity index (χ1) is 16.2. The van der Waals surface area contributed by atoms with Gasteiger partial charge in [0.05, 0.1) is 21.3 Å². The lowest BCUT2D eigenvalue weighted by atomic mass is 9.92. The highest BCUT2D eigenvalue weighted by molar-refractivity contribution is 6.09. The van der Waals surface area contributed by atoms with Gasteiger partial charge in [-0.15, -0.1) is 0 Å². The van der Waals surface area contributed by atoms with Gasteiger partial charge in [-0.2, -0.15) is 0 Å². The summed E-state index contributed by atoms with van der Waals surface area (Å²) in [6.45, 7) is 0.966. The maximum Gasteiger partial charge on any atom is 0.331 e. The minimum atomic E-state index is -1.34. The van der Waals surface area contributed by atoms with Crippen molar-refractivity contribution in [2.45, 2.75) is 12.5 Å². The Bertz CT molecular complexity index is 1140. The number of benzene rings is 2. The van der Waals surface area contributed by atoms with Crippen LogP contribution in [0.3, 0.4) is 0 Å². The van der Waals surface area contributed by atoms with Gasteiger partial charge in [0.2, 0.25) is 0 Å². The molecule has 0 saturated carbocycles. The van der Waals surface area contributed by atoms with Gasteiger partial charge >= 0.3 is 18.0 Å². The van der Waals surface area contributed by atoms with Crippen LogP contribution in [0.2, 0.25) is 0 Å². The molecule has 3 rings (SSSR count). The van der Waals surface area contributed by atoms with Crippen molar-refractivity contribution >= 4 is 30.0 Å². The smallest absolute Gasteiger partial charge is 0.331 e. The van der Waals surface area contributed by atoms with Crippen molar-refractivity contribution in [1.82, 2.24) is 10.2 Å². The van der Waals surface area contributed by atoms with Gasteiger partial charge < -0.3 is 24.3 Å². The second-order valence-corrected chi connectivity index (χ2v) is 7.42. The van der Waals surface area contributed by atoms with E-state index < -0.39 is 36.0 Å². The third-order valence-corrected chi connectivity index (χ3v) is 5.25. The van der Waals surface area contributed by atoms with Crippen LogP contribution in [0.15, 0.2) is 48.5 Å². The zero-order valence-corrected chi connectivity index (χ0v) is 19.1. The number of hydrogen-bond acceptors (Lipinski definition) is 8. The molecule has 1 fully saturated rings.